The number of unbranched alkanes of at least 4 members (excludes halogenated alkanes) is 3. The Hall–Kier alpha value is -3.56. The molecule has 0 atom stereocenters. The maximum atomic E-state index is 14.2. The second-order valence-electron chi connectivity index (χ2n) is 10.9. The average Bonchev–Trinajstić information content (AvgIpc) is 3.04. The first-order valence-electron chi connectivity index (χ1n) is 14.2. The van der Waals surface area contributed by atoms with E-state index in [0.717, 1.165) is 37.8 Å². The Morgan fingerprint density at radius 2 is 0.788 bits per heavy atom. The van der Waals surface area contributed by atoms with Gasteiger partial charge in [0.2, 0.25) is 0 Å². The van der Waals surface area contributed by atoms with Crippen LogP contribution in [0.2, 0.25) is 0 Å². The zero-order valence-electron chi connectivity index (χ0n) is 25.7. The van der Waals surface area contributed by atoms with Crippen LogP contribution in [-0.2, 0) is 0 Å². The summed E-state index contributed by atoms with van der Waals surface area (Å²) >= 11 is 0. The molecule has 52 heavy (non-hydrogen) atoms. The predicted octanol–water partition coefficient (Wildman–Crippen LogP) is 11.8. The van der Waals surface area contributed by atoms with E-state index < -0.39 is 72.1 Å². The molecule has 3 nitrogen and oxygen atoms in total. The minimum absolute atomic E-state index is 0.124. The van der Waals surface area contributed by atoms with Crippen LogP contribution in [0, 0.1) is 0 Å². The van der Waals surface area contributed by atoms with E-state index >= 15 is 0 Å². The Balaban J connectivity index is 2.23. The average molecular weight is 800 g/mol. The van der Waals surface area contributed by atoms with Crippen LogP contribution in [0.5, 0.6) is 23.0 Å². The summed E-state index contributed by atoms with van der Waals surface area (Å²) in [6, 6.07) is 8.82. The molecule has 0 heterocycles. The maximum Gasteiger partial charge on any atom is 0.385 e. The van der Waals surface area contributed by atoms with E-state index in [2.05, 4.69) is 4.74 Å². The molecule has 0 aliphatic carbocycles. The third kappa shape index (κ3) is 7.72. The second-order valence-corrected chi connectivity index (χ2v) is 10.9. The van der Waals surface area contributed by atoms with Gasteiger partial charge in [0.1, 0.15) is 23.0 Å². The second kappa shape index (κ2) is 15.1. The molecule has 0 N–H and O–H groups in total. The lowest BCUT2D eigenvalue weighted by atomic mass is 9.86. The fraction of sp³-hybridized carbons (Fsp3) is 0.586. The van der Waals surface area contributed by atoms with E-state index in [9.17, 15) is 87.8 Å². The number of alkyl halides is 20. The van der Waals surface area contributed by atoms with Gasteiger partial charge in [-0.15, -0.1) is 0 Å². The lowest BCUT2D eigenvalue weighted by molar-refractivity contribution is -0.465. The molecule has 0 aliphatic rings. The van der Waals surface area contributed by atoms with Crippen molar-refractivity contribution in [2.45, 2.75) is 92.3 Å². The van der Waals surface area contributed by atoms with Crippen LogP contribution < -0.4 is 14.2 Å². The van der Waals surface area contributed by atoms with E-state index in [1.54, 1.807) is 0 Å². The van der Waals surface area contributed by atoms with Crippen LogP contribution in [-0.4, -0.2) is 72.9 Å². The molecular formula is C29H24F20O3. The van der Waals surface area contributed by atoms with Crippen LogP contribution in [0.1, 0.15) is 32.6 Å². The van der Waals surface area contributed by atoms with Crippen LogP contribution >= 0.6 is 0 Å². The third-order valence-electron chi connectivity index (χ3n) is 7.09. The number of benzene rings is 2. The fourth-order valence-electron chi connectivity index (χ4n) is 3.89. The largest absolute Gasteiger partial charge is 0.494 e. The zero-order chi connectivity index (χ0) is 40.4. The summed E-state index contributed by atoms with van der Waals surface area (Å²) in [5.41, 5.74) is 0. The highest BCUT2D eigenvalue weighted by Gasteiger charge is 2.96. The molecule has 298 valence electrons. The van der Waals surface area contributed by atoms with Crippen molar-refractivity contribution in [3.63, 3.8) is 0 Å². The van der Waals surface area contributed by atoms with Gasteiger partial charge in [-0.3, -0.25) is 0 Å². The van der Waals surface area contributed by atoms with Gasteiger partial charge in [0, 0.05) is 0 Å². The number of ether oxygens (including phenoxy) is 3. The molecule has 0 fully saturated rings. The van der Waals surface area contributed by atoms with Crippen molar-refractivity contribution >= 4 is 0 Å². The van der Waals surface area contributed by atoms with Gasteiger partial charge in [-0.1, -0.05) is 26.2 Å². The Morgan fingerprint density at radius 3 is 1.17 bits per heavy atom. The first-order chi connectivity index (χ1) is 23.4. The van der Waals surface area contributed by atoms with Gasteiger partial charge in [-0.05, 0) is 55.0 Å². The number of rotatable bonds is 20. The van der Waals surface area contributed by atoms with Gasteiger partial charge >= 0.3 is 59.7 Å². The SMILES string of the molecule is CCCCCCOc1ccc(Oc2ccc(OCC(F)(F)C(F)(F)C(F)(F)C(F)(F)C(F)(F)C(F)(F)C(F)(F)C(F)(F)C(F)(F)C(F)F)cc2)cc1. The van der Waals surface area contributed by atoms with Crippen molar-refractivity contribution in [1.82, 2.24) is 0 Å². The van der Waals surface area contributed by atoms with Crippen LogP contribution in [0.4, 0.5) is 87.8 Å². The van der Waals surface area contributed by atoms with Gasteiger partial charge in [0.25, 0.3) is 0 Å². The fourth-order valence-corrected chi connectivity index (χ4v) is 3.89. The lowest BCUT2D eigenvalue weighted by Crippen LogP contribution is -2.76. The summed E-state index contributed by atoms with van der Waals surface area (Å²) in [7, 11) is 0. The summed E-state index contributed by atoms with van der Waals surface area (Å²) in [6.45, 7) is -0.725. The number of hydrogen-bond acceptors (Lipinski definition) is 3. The minimum Gasteiger partial charge on any atom is -0.494 e. The first kappa shape index (κ1) is 44.6. The summed E-state index contributed by atoms with van der Waals surface area (Å²) in [5.74, 6) is -76.1. The molecule has 2 rings (SSSR count). The van der Waals surface area contributed by atoms with Crippen molar-refractivity contribution < 1.29 is 102 Å². The van der Waals surface area contributed by atoms with Crippen LogP contribution in [0.3, 0.4) is 0 Å². The third-order valence-corrected chi connectivity index (χ3v) is 7.09. The molecule has 0 amide bonds. The lowest BCUT2D eigenvalue weighted by Gasteiger charge is -2.44. The van der Waals surface area contributed by atoms with Crippen molar-refractivity contribution in [2.75, 3.05) is 13.2 Å². The highest BCUT2D eigenvalue weighted by molar-refractivity contribution is 5.37. The molecule has 23 heteroatoms. The molecule has 0 spiro atoms. The Morgan fingerprint density at radius 1 is 0.442 bits per heavy atom. The summed E-state index contributed by atoms with van der Waals surface area (Å²) in [4.78, 5) is 0. The molecule has 2 aromatic carbocycles. The zero-order valence-corrected chi connectivity index (χ0v) is 25.7. The van der Waals surface area contributed by atoms with Crippen molar-refractivity contribution in [3.05, 3.63) is 48.5 Å². The quantitative estimate of drug-likeness (QED) is 0.0986. The Kier molecular flexibility index (Phi) is 12.9. The number of halogens is 20. The smallest absolute Gasteiger partial charge is 0.385 e. The van der Waals surface area contributed by atoms with Crippen LogP contribution in [0.25, 0.3) is 0 Å². The van der Waals surface area contributed by atoms with Crippen molar-refractivity contribution in [3.8, 4) is 23.0 Å². The van der Waals surface area contributed by atoms with Crippen molar-refractivity contribution in [2.24, 2.45) is 0 Å². The summed E-state index contributed by atoms with van der Waals surface area (Å²) < 4.78 is 287. The van der Waals surface area contributed by atoms with E-state index in [-0.39, 0.29) is 11.5 Å². The molecular weight excluding hydrogens is 776 g/mol. The highest BCUT2D eigenvalue weighted by atomic mass is 19.4. The van der Waals surface area contributed by atoms with E-state index in [1.807, 2.05) is 6.92 Å². The standard InChI is InChI=1S/C29H24F20O3/c1-2-3-4-5-14-50-16-6-10-18(11-7-16)52-19-12-8-17(9-13-19)51-15-21(32,33)23(36,37)25(40,41)27(44,45)29(48,49)28(46,47)26(42,43)24(38,39)22(34,35)20(30)31/h6-13,20H,2-5,14-15H2,1H3. The van der Waals surface area contributed by atoms with E-state index in [1.165, 1.54) is 24.3 Å². The highest BCUT2D eigenvalue weighted by Crippen LogP contribution is 2.65. The topological polar surface area (TPSA) is 27.7 Å². The van der Waals surface area contributed by atoms with Crippen molar-refractivity contribution in [1.29, 1.82) is 0 Å². The molecule has 0 unspecified atom stereocenters. The number of hydrogen-bond donors (Lipinski definition) is 0. The molecule has 0 bridgehead atoms. The van der Waals surface area contributed by atoms with Crippen LogP contribution in [0.15, 0.2) is 48.5 Å². The maximum absolute atomic E-state index is 14.2. The summed E-state index contributed by atoms with van der Waals surface area (Å²) in [6.07, 6.45) is -2.36. The van der Waals surface area contributed by atoms with Gasteiger partial charge in [-0.2, -0.15) is 79.0 Å². The first-order valence-corrected chi connectivity index (χ1v) is 14.2. The predicted molar refractivity (Wildman–Crippen MR) is 139 cm³/mol. The summed E-state index contributed by atoms with van der Waals surface area (Å²) in [5, 5.41) is 0. The molecule has 2 aromatic rings. The monoisotopic (exact) mass is 800 g/mol. The van der Waals surface area contributed by atoms with Gasteiger partial charge in [0.15, 0.2) is 6.61 Å². The molecule has 0 aliphatic heterocycles. The van der Waals surface area contributed by atoms with Gasteiger partial charge < -0.3 is 14.2 Å². The molecule has 0 aromatic heterocycles. The van der Waals surface area contributed by atoms with E-state index in [0.29, 0.717) is 24.5 Å². The van der Waals surface area contributed by atoms with Gasteiger partial charge in [-0.25, -0.2) is 8.78 Å². The Labute approximate surface area is 279 Å². The molecule has 0 radical (unpaired) electrons. The molecule has 0 saturated carbocycles. The molecule has 0 saturated heterocycles. The Bertz CT molecular complexity index is 1440. The normalized spacial score (nSPS) is 14.5. The van der Waals surface area contributed by atoms with E-state index in [4.69, 9.17) is 9.47 Å². The minimum atomic E-state index is -9.06. The van der Waals surface area contributed by atoms with Gasteiger partial charge in [0.05, 0.1) is 6.61 Å².